The number of anilines is 1. The van der Waals surface area contributed by atoms with E-state index in [2.05, 4.69) is 31.3 Å². The van der Waals surface area contributed by atoms with Crippen LogP contribution in [0.1, 0.15) is 29.5 Å². The van der Waals surface area contributed by atoms with Gasteiger partial charge in [0.25, 0.3) is 0 Å². The van der Waals surface area contributed by atoms with Crippen LogP contribution in [0, 0.1) is 11.3 Å². The van der Waals surface area contributed by atoms with Gasteiger partial charge in [-0.3, -0.25) is 4.79 Å². The Morgan fingerprint density at radius 1 is 1.25 bits per heavy atom. The standard InChI is InChI=1S/C18H21NO.2H2/c1-18(2)11-15(17(20)13-7-6-8-13)16(12-18)19-14-9-4-3-5-10-14;;/h3-10,15-16,19H,11-12H2,1-2H3;2*1H. The van der Waals surface area contributed by atoms with Gasteiger partial charge in [-0.2, -0.15) is 0 Å². The molecular weight excluding hydrogens is 246 g/mol. The van der Waals surface area contributed by atoms with Gasteiger partial charge in [0.2, 0.25) is 0 Å². The quantitative estimate of drug-likeness (QED) is 0.876. The number of benzene rings is 1. The van der Waals surface area contributed by atoms with Crippen LogP contribution < -0.4 is 5.32 Å². The lowest BCUT2D eigenvalue weighted by Gasteiger charge is -2.22. The van der Waals surface area contributed by atoms with Gasteiger partial charge in [0.15, 0.2) is 5.78 Å². The molecule has 0 saturated heterocycles. The van der Waals surface area contributed by atoms with Crippen molar-refractivity contribution in [1.29, 1.82) is 0 Å². The first-order chi connectivity index (χ1) is 9.55. The monoisotopic (exact) mass is 271 g/mol. The van der Waals surface area contributed by atoms with Gasteiger partial charge in [0, 0.05) is 26.1 Å². The molecule has 2 aliphatic carbocycles. The SMILES string of the molecule is CC1(C)CC(Nc2ccccc2)C(C(=O)C2=CC=C2)C1.[HH].[HH]. The number of rotatable bonds is 4. The topological polar surface area (TPSA) is 29.1 Å². The summed E-state index contributed by atoms with van der Waals surface area (Å²) in [6.07, 6.45) is 7.78. The van der Waals surface area contributed by atoms with E-state index in [1.54, 1.807) is 0 Å². The maximum Gasteiger partial charge on any atom is 0.168 e. The molecule has 0 heterocycles. The second-order valence-corrected chi connectivity index (χ2v) is 6.64. The van der Waals surface area contributed by atoms with E-state index < -0.39 is 0 Å². The van der Waals surface area contributed by atoms with Crippen LogP contribution in [0.3, 0.4) is 0 Å². The highest BCUT2D eigenvalue weighted by atomic mass is 16.1. The Bertz CT molecular complexity index is 578. The lowest BCUT2D eigenvalue weighted by atomic mass is 9.86. The summed E-state index contributed by atoms with van der Waals surface area (Å²) in [6.45, 7) is 4.51. The predicted molar refractivity (Wildman–Crippen MR) is 86.8 cm³/mol. The fourth-order valence-corrected chi connectivity index (χ4v) is 3.30. The lowest BCUT2D eigenvalue weighted by Crippen LogP contribution is -2.31. The Morgan fingerprint density at radius 3 is 2.55 bits per heavy atom. The molecule has 1 N–H and O–H groups in total. The van der Waals surface area contributed by atoms with E-state index in [1.165, 1.54) is 0 Å². The van der Waals surface area contributed by atoms with Crippen molar-refractivity contribution in [3.8, 4) is 0 Å². The highest BCUT2D eigenvalue weighted by molar-refractivity contribution is 6.02. The number of allylic oxidation sites excluding steroid dienone is 4. The first kappa shape index (κ1) is 13.2. The molecule has 0 aromatic heterocycles. The molecule has 2 nitrogen and oxygen atoms in total. The third kappa shape index (κ3) is 2.55. The van der Waals surface area contributed by atoms with E-state index in [0.717, 1.165) is 24.1 Å². The van der Waals surface area contributed by atoms with E-state index in [9.17, 15) is 4.79 Å². The molecular formula is C18H25NO. The Balaban J connectivity index is 0.00000121. The minimum absolute atomic E-state index is 0. The summed E-state index contributed by atoms with van der Waals surface area (Å²) in [5.41, 5.74) is 2.21. The van der Waals surface area contributed by atoms with Gasteiger partial charge in [-0.1, -0.05) is 50.3 Å². The van der Waals surface area contributed by atoms with Gasteiger partial charge in [0.05, 0.1) is 0 Å². The molecule has 1 aromatic rings. The lowest BCUT2D eigenvalue weighted by molar-refractivity contribution is -0.119. The molecule has 20 heavy (non-hydrogen) atoms. The first-order valence-corrected chi connectivity index (χ1v) is 7.29. The molecule has 3 rings (SSSR count). The van der Waals surface area contributed by atoms with Crippen molar-refractivity contribution >= 4 is 11.5 Å². The fraction of sp³-hybridized carbons (Fsp3) is 0.389. The van der Waals surface area contributed by atoms with Gasteiger partial charge in [-0.05, 0) is 30.4 Å². The number of para-hydroxylation sites is 1. The third-order valence-corrected chi connectivity index (χ3v) is 4.33. The Kier molecular flexibility index (Phi) is 3.25. The third-order valence-electron chi connectivity index (χ3n) is 4.33. The van der Waals surface area contributed by atoms with Crippen LogP contribution in [0.5, 0.6) is 0 Å². The molecule has 0 aliphatic heterocycles. The summed E-state index contributed by atoms with van der Waals surface area (Å²) in [7, 11) is 0. The summed E-state index contributed by atoms with van der Waals surface area (Å²) >= 11 is 0. The second kappa shape index (κ2) is 4.93. The average Bonchev–Trinajstić information content (AvgIpc) is 2.63. The zero-order valence-electron chi connectivity index (χ0n) is 12.1. The van der Waals surface area contributed by atoms with Crippen LogP contribution in [-0.2, 0) is 4.79 Å². The first-order valence-electron chi connectivity index (χ1n) is 7.29. The van der Waals surface area contributed by atoms with E-state index in [-0.39, 0.29) is 20.2 Å². The van der Waals surface area contributed by atoms with Crippen molar-refractivity contribution in [3.05, 3.63) is 54.1 Å². The number of carbonyl (C=O) groups is 1. The molecule has 1 aromatic carbocycles. The highest BCUT2D eigenvalue weighted by Crippen LogP contribution is 2.44. The molecule has 2 heteroatoms. The fourth-order valence-electron chi connectivity index (χ4n) is 3.30. The van der Waals surface area contributed by atoms with Gasteiger partial charge < -0.3 is 5.32 Å². The van der Waals surface area contributed by atoms with Crippen molar-refractivity contribution in [3.63, 3.8) is 0 Å². The summed E-state index contributed by atoms with van der Waals surface area (Å²) in [5, 5.41) is 3.56. The molecule has 1 saturated carbocycles. The number of hydrogen-bond acceptors (Lipinski definition) is 2. The smallest absolute Gasteiger partial charge is 0.168 e. The van der Waals surface area contributed by atoms with Gasteiger partial charge in [0.1, 0.15) is 0 Å². The number of ketones is 1. The van der Waals surface area contributed by atoms with E-state index in [4.69, 9.17) is 0 Å². The molecule has 2 unspecified atom stereocenters. The zero-order chi connectivity index (χ0) is 14.2. The van der Waals surface area contributed by atoms with E-state index >= 15 is 0 Å². The number of hydrogen-bond donors (Lipinski definition) is 1. The van der Waals surface area contributed by atoms with Crippen LogP contribution in [0.25, 0.3) is 0 Å². The van der Waals surface area contributed by atoms with Crippen molar-refractivity contribution in [2.45, 2.75) is 32.7 Å². The van der Waals surface area contributed by atoms with Crippen molar-refractivity contribution in [2.75, 3.05) is 5.32 Å². The van der Waals surface area contributed by atoms with E-state index in [1.807, 2.05) is 36.4 Å². The minimum Gasteiger partial charge on any atom is -0.382 e. The minimum atomic E-state index is 0. The Hall–Kier alpha value is -1.83. The number of Topliss-reactive ketones (excluding diaryl/α,β-unsaturated/α-hetero) is 1. The number of nitrogens with one attached hydrogen (secondary N) is 1. The summed E-state index contributed by atoms with van der Waals surface area (Å²) in [6, 6.07) is 10.4. The number of carbonyl (C=O) groups excluding carboxylic acids is 1. The van der Waals surface area contributed by atoms with Crippen LogP contribution >= 0.6 is 0 Å². The van der Waals surface area contributed by atoms with Crippen molar-refractivity contribution in [1.82, 2.24) is 0 Å². The van der Waals surface area contributed by atoms with Crippen molar-refractivity contribution in [2.24, 2.45) is 11.3 Å². The van der Waals surface area contributed by atoms with Crippen molar-refractivity contribution < 1.29 is 7.65 Å². The van der Waals surface area contributed by atoms with Crippen LogP contribution in [0.15, 0.2) is 54.1 Å². The van der Waals surface area contributed by atoms with Crippen LogP contribution in [-0.4, -0.2) is 11.8 Å². The molecule has 0 bridgehead atoms. The molecule has 2 aliphatic rings. The Morgan fingerprint density at radius 2 is 1.95 bits per heavy atom. The van der Waals surface area contributed by atoms with Gasteiger partial charge in [-0.15, -0.1) is 0 Å². The second-order valence-electron chi connectivity index (χ2n) is 6.64. The van der Waals surface area contributed by atoms with Gasteiger partial charge in [-0.25, -0.2) is 0 Å². The van der Waals surface area contributed by atoms with Crippen LogP contribution in [0.4, 0.5) is 5.69 Å². The van der Waals surface area contributed by atoms with Crippen LogP contribution in [0.2, 0.25) is 0 Å². The van der Waals surface area contributed by atoms with E-state index in [0.29, 0.717) is 5.78 Å². The summed E-state index contributed by atoms with van der Waals surface area (Å²) < 4.78 is 0. The van der Waals surface area contributed by atoms with Gasteiger partial charge >= 0.3 is 0 Å². The molecule has 1 fully saturated rings. The normalized spacial score (nSPS) is 26.8. The summed E-state index contributed by atoms with van der Waals surface area (Å²) in [5.74, 6) is 0.382. The molecule has 108 valence electrons. The Labute approximate surface area is 123 Å². The highest BCUT2D eigenvalue weighted by Gasteiger charge is 2.43. The maximum absolute atomic E-state index is 12.6. The molecule has 2 atom stereocenters. The zero-order valence-corrected chi connectivity index (χ0v) is 12.1. The maximum atomic E-state index is 12.6. The average molecular weight is 271 g/mol. The largest absolute Gasteiger partial charge is 0.382 e. The predicted octanol–water partition coefficient (Wildman–Crippen LogP) is 4.46. The summed E-state index contributed by atoms with van der Waals surface area (Å²) in [4.78, 5) is 12.6. The molecule has 0 radical (unpaired) electrons. The molecule has 0 amide bonds. The molecule has 0 spiro atoms.